The normalized spacial score (nSPS) is 21.4. The lowest BCUT2D eigenvalue weighted by atomic mass is 9.84. The van der Waals surface area contributed by atoms with E-state index in [1.54, 1.807) is 0 Å². The van der Waals surface area contributed by atoms with Gasteiger partial charge in [0.1, 0.15) is 0 Å². The molecule has 2 nitrogen and oxygen atoms in total. The molecule has 0 aliphatic heterocycles. The van der Waals surface area contributed by atoms with Crippen LogP contribution >= 0.6 is 11.3 Å². The Kier molecular flexibility index (Phi) is 5.22. The maximum atomic E-state index is 6.00. The van der Waals surface area contributed by atoms with Gasteiger partial charge in [0.2, 0.25) is 0 Å². The van der Waals surface area contributed by atoms with Crippen LogP contribution < -0.4 is 5.32 Å². The number of likely N-dealkylation sites (N-methyl/N-ethyl adjacent to an activating group) is 1. The maximum absolute atomic E-state index is 6.00. The third kappa shape index (κ3) is 3.14. The number of thiophene rings is 1. The second-order valence-corrected chi connectivity index (χ2v) is 6.34. The minimum absolute atomic E-state index is 0.0369. The summed E-state index contributed by atoms with van der Waals surface area (Å²) in [4.78, 5) is 1.45. The summed E-state index contributed by atoms with van der Waals surface area (Å²) in [5, 5.41) is 5.67. The van der Waals surface area contributed by atoms with Crippen LogP contribution in [0.2, 0.25) is 0 Å². The smallest absolute Gasteiger partial charge is 0.0834 e. The molecule has 3 heteroatoms. The number of methoxy groups -OCH3 is 1. The fourth-order valence-electron chi connectivity index (χ4n) is 3.20. The first kappa shape index (κ1) is 14.0. The standard InChI is InChI=1S/C15H25NOS/c1-16-14(12-13-8-7-11-18-13)15(17-2)9-5-3-4-6-10-15/h7-8,11,14,16H,3-6,9-10,12H2,1-2H3. The maximum Gasteiger partial charge on any atom is 0.0834 e. The molecule has 0 amide bonds. The van der Waals surface area contributed by atoms with Gasteiger partial charge in [-0.25, -0.2) is 0 Å². The van der Waals surface area contributed by atoms with Crippen molar-refractivity contribution in [3.63, 3.8) is 0 Å². The summed E-state index contributed by atoms with van der Waals surface area (Å²) in [5.74, 6) is 0. The van der Waals surface area contributed by atoms with Gasteiger partial charge in [0.15, 0.2) is 0 Å². The van der Waals surface area contributed by atoms with Gasteiger partial charge in [-0.05, 0) is 37.8 Å². The van der Waals surface area contributed by atoms with E-state index in [9.17, 15) is 0 Å². The van der Waals surface area contributed by atoms with Crippen LogP contribution in [0, 0.1) is 0 Å². The highest BCUT2D eigenvalue weighted by Gasteiger charge is 2.38. The molecule has 18 heavy (non-hydrogen) atoms. The summed E-state index contributed by atoms with van der Waals surface area (Å²) in [7, 11) is 3.97. The highest BCUT2D eigenvalue weighted by Crippen LogP contribution is 2.34. The summed E-state index contributed by atoms with van der Waals surface area (Å²) in [6, 6.07) is 4.80. The first-order valence-corrected chi connectivity index (χ1v) is 7.93. The topological polar surface area (TPSA) is 21.3 Å². The van der Waals surface area contributed by atoms with E-state index in [1.807, 2.05) is 18.4 Å². The minimum atomic E-state index is 0.0369. The summed E-state index contributed by atoms with van der Waals surface area (Å²) in [6.07, 6.45) is 8.80. The van der Waals surface area contributed by atoms with Crippen LogP contribution in [0.4, 0.5) is 0 Å². The van der Waals surface area contributed by atoms with Crippen LogP contribution in [0.1, 0.15) is 43.4 Å². The minimum Gasteiger partial charge on any atom is -0.377 e. The Hall–Kier alpha value is -0.380. The van der Waals surface area contributed by atoms with Crippen molar-refractivity contribution < 1.29 is 4.74 Å². The van der Waals surface area contributed by atoms with E-state index in [0.29, 0.717) is 6.04 Å². The lowest BCUT2D eigenvalue weighted by molar-refractivity contribution is -0.0507. The van der Waals surface area contributed by atoms with E-state index in [4.69, 9.17) is 4.74 Å². The Bertz CT molecular complexity index is 328. The van der Waals surface area contributed by atoms with Crippen molar-refractivity contribution in [3.05, 3.63) is 22.4 Å². The summed E-state index contributed by atoms with van der Waals surface area (Å²) in [6.45, 7) is 0. The zero-order valence-corrected chi connectivity index (χ0v) is 12.4. The van der Waals surface area contributed by atoms with Crippen molar-refractivity contribution in [1.82, 2.24) is 5.32 Å². The summed E-state index contributed by atoms with van der Waals surface area (Å²) < 4.78 is 6.00. The molecule has 1 heterocycles. The molecule has 102 valence electrons. The predicted molar refractivity (Wildman–Crippen MR) is 78.3 cm³/mol. The number of ether oxygens (including phenoxy) is 1. The Morgan fingerprint density at radius 2 is 2.06 bits per heavy atom. The lowest BCUT2D eigenvalue weighted by Crippen LogP contribution is -2.51. The molecule has 1 saturated carbocycles. The molecular formula is C15H25NOS. The molecule has 0 saturated heterocycles. The van der Waals surface area contributed by atoms with Crippen molar-refractivity contribution in [2.75, 3.05) is 14.2 Å². The molecular weight excluding hydrogens is 242 g/mol. The average Bonchev–Trinajstić information content (AvgIpc) is 2.79. The molecule has 1 unspecified atom stereocenters. The summed E-state index contributed by atoms with van der Waals surface area (Å²) >= 11 is 1.85. The van der Waals surface area contributed by atoms with Crippen LogP contribution in [0.15, 0.2) is 17.5 Å². The average molecular weight is 267 g/mol. The molecule has 1 aliphatic carbocycles. The van der Waals surface area contributed by atoms with Gasteiger partial charge in [0.05, 0.1) is 5.60 Å². The fourth-order valence-corrected chi connectivity index (χ4v) is 3.95. The second-order valence-electron chi connectivity index (χ2n) is 5.31. The van der Waals surface area contributed by atoms with Gasteiger partial charge < -0.3 is 10.1 Å². The van der Waals surface area contributed by atoms with Gasteiger partial charge in [-0.2, -0.15) is 0 Å². The molecule has 0 bridgehead atoms. The first-order chi connectivity index (χ1) is 8.80. The zero-order chi connectivity index (χ0) is 12.8. The Labute approximate surface area is 115 Å². The van der Waals surface area contributed by atoms with Crippen LogP contribution in [-0.2, 0) is 11.2 Å². The van der Waals surface area contributed by atoms with Gasteiger partial charge in [0, 0.05) is 18.0 Å². The number of nitrogens with one attached hydrogen (secondary N) is 1. The number of rotatable bonds is 5. The zero-order valence-electron chi connectivity index (χ0n) is 11.6. The van der Waals surface area contributed by atoms with E-state index in [2.05, 4.69) is 29.9 Å². The molecule has 1 N–H and O–H groups in total. The summed E-state index contributed by atoms with van der Waals surface area (Å²) in [5.41, 5.74) is 0.0369. The fraction of sp³-hybridized carbons (Fsp3) is 0.733. The highest BCUT2D eigenvalue weighted by molar-refractivity contribution is 7.09. The number of hydrogen-bond donors (Lipinski definition) is 1. The predicted octanol–water partition coefficient (Wildman–Crippen LogP) is 3.62. The third-order valence-corrected chi connectivity index (χ3v) is 5.22. The molecule has 2 rings (SSSR count). The highest BCUT2D eigenvalue weighted by atomic mass is 32.1. The Balaban J connectivity index is 2.11. The molecule has 1 aliphatic rings. The number of hydrogen-bond acceptors (Lipinski definition) is 3. The van der Waals surface area contributed by atoms with E-state index in [-0.39, 0.29) is 5.60 Å². The third-order valence-electron chi connectivity index (χ3n) is 4.33. The SMILES string of the molecule is CNC(Cc1cccs1)C1(OC)CCCCCC1. The van der Waals surface area contributed by atoms with Gasteiger partial charge in [-0.1, -0.05) is 31.7 Å². The molecule has 1 atom stereocenters. The van der Waals surface area contributed by atoms with Crippen molar-refractivity contribution >= 4 is 11.3 Å². The van der Waals surface area contributed by atoms with E-state index < -0.39 is 0 Å². The van der Waals surface area contributed by atoms with Gasteiger partial charge in [-0.3, -0.25) is 0 Å². The van der Waals surface area contributed by atoms with Crippen LogP contribution in [0.25, 0.3) is 0 Å². The van der Waals surface area contributed by atoms with Crippen molar-refractivity contribution in [1.29, 1.82) is 0 Å². The van der Waals surface area contributed by atoms with Crippen LogP contribution in [0.5, 0.6) is 0 Å². The van der Waals surface area contributed by atoms with Crippen molar-refractivity contribution in [2.24, 2.45) is 0 Å². The first-order valence-electron chi connectivity index (χ1n) is 7.05. The van der Waals surface area contributed by atoms with Crippen molar-refractivity contribution in [2.45, 2.75) is 56.6 Å². The van der Waals surface area contributed by atoms with E-state index in [1.165, 1.54) is 43.4 Å². The van der Waals surface area contributed by atoms with Gasteiger partial charge >= 0.3 is 0 Å². The van der Waals surface area contributed by atoms with E-state index >= 15 is 0 Å². The molecule has 1 aromatic rings. The second kappa shape index (κ2) is 6.69. The largest absolute Gasteiger partial charge is 0.377 e. The molecule has 0 aromatic carbocycles. The lowest BCUT2D eigenvalue weighted by Gasteiger charge is -2.39. The van der Waals surface area contributed by atoms with E-state index in [0.717, 1.165) is 6.42 Å². The molecule has 0 radical (unpaired) electrons. The Morgan fingerprint density at radius 1 is 1.33 bits per heavy atom. The Morgan fingerprint density at radius 3 is 2.56 bits per heavy atom. The molecule has 1 aromatic heterocycles. The van der Waals surface area contributed by atoms with Gasteiger partial charge in [-0.15, -0.1) is 11.3 Å². The molecule has 1 fully saturated rings. The van der Waals surface area contributed by atoms with Crippen LogP contribution in [0.3, 0.4) is 0 Å². The van der Waals surface area contributed by atoms with Gasteiger partial charge in [0.25, 0.3) is 0 Å². The van der Waals surface area contributed by atoms with Crippen LogP contribution in [-0.4, -0.2) is 25.8 Å². The quantitative estimate of drug-likeness (QED) is 0.823. The van der Waals surface area contributed by atoms with Crippen molar-refractivity contribution in [3.8, 4) is 0 Å². The molecule has 0 spiro atoms. The monoisotopic (exact) mass is 267 g/mol.